The predicted molar refractivity (Wildman–Crippen MR) is 79.7 cm³/mol. The largest absolute Gasteiger partial charge is 0.444 e. The molecule has 1 aliphatic heterocycles. The van der Waals surface area contributed by atoms with Crippen molar-refractivity contribution in [3.63, 3.8) is 0 Å². The summed E-state index contributed by atoms with van der Waals surface area (Å²) in [6.45, 7) is 12.0. The molecule has 0 radical (unpaired) electrons. The number of carbonyl (C=O) groups excluding carboxylic acids is 1. The van der Waals surface area contributed by atoms with Crippen LogP contribution in [0.5, 0.6) is 0 Å². The van der Waals surface area contributed by atoms with E-state index in [1.54, 1.807) is 4.90 Å². The molecule has 0 bridgehead atoms. The maximum atomic E-state index is 12.0. The minimum absolute atomic E-state index is 0.204. The summed E-state index contributed by atoms with van der Waals surface area (Å²) in [7, 11) is 0. The molecule has 0 spiro atoms. The molecule has 0 aromatic heterocycles. The van der Waals surface area contributed by atoms with E-state index in [0.29, 0.717) is 19.1 Å². The number of rotatable bonds is 4. The number of alkyl halides is 1. The quantitative estimate of drug-likeness (QED) is 0.739. The molecule has 1 atom stereocenters. The molecule has 0 aromatic rings. The lowest BCUT2D eigenvalue weighted by Gasteiger charge is -2.32. The van der Waals surface area contributed by atoms with Gasteiger partial charge in [-0.25, -0.2) is 4.79 Å². The molecule has 1 aliphatic rings. The Balaban J connectivity index is 2.51. The van der Waals surface area contributed by atoms with E-state index in [1.807, 2.05) is 20.8 Å². The van der Waals surface area contributed by atoms with E-state index in [9.17, 15) is 4.79 Å². The Morgan fingerprint density at radius 3 is 2.47 bits per heavy atom. The zero-order chi connectivity index (χ0) is 14.7. The van der Waals surface area contributed by atoms with Crippen molar-refractivity contribution < 1.29 is 14.3 Å². The van der Waals surface area contributed by atoms with Gasteiger partial charge < -0.3 is 14.4 Å². The van der Waals surface area contributed by atoms with Gasteiger partial charge in [-0.1, -0.05) is 15.9 Å². The van der Waals surface area contributed by atoms with Crippen LogP contribution in [0.15, 0.2) is 0 Å². The van der Waals surface area contributed by atoms with E-state index >= 15 is 0 Å². The van der Waals surface area contributed by atoms with Crippen molar-refractivity contribution in [2.45, 2.75) is 52.2 Å². The second-order valence-electron chi connectivity index (χ2n) is 6.55. The van der Waals surface area contributed by atoms with Crippen LogP contribution in [-0.4, -0.2) is 47.2 Å². The van der Waals surface area contributed by atoms with E-state index < -0.39 is 5.60 Å². The van der Waals surface area contributed by atoms with Gasteiger partial charge in [0.25, 0.3) is 0 Å². The van der Waals surface area contributed by atoms with E-state index in [4.69, 9.17) is 9.47 Å². The smallest absolute Gasteiger partial charge is 0.410 e. The van der Waals surface area contributed by atoms with Crippen molar-refractivity contribution in [1.29, 1.82) is 0 Å². The second-order valence-corrected chi connectivity index (χ2v) is 7.35. The van der Waals surface area contributed by atoms with Crippen molar-refractivity contribution in [3.8, 4) is 0 Å². The fraction of sp³-hybridized carbons (Fsp3) is 0.929. The number of amides is 1. The van der Waals surface area contributed by atoms with Crippen LogP contribution in [0.4, 0.5) is 4.79 Å². The van der Waals surface area contributed by atoms with Crippen LogP contribution in [0.2, 0.25) is 0 Å². The molecule has 1 rings (SSSR count). The maximum Gasteiger partial charge on any atom is 0.410 e. The van der Waals surface area contributed by atoms with Gasteiger partial charge in [-0.15, -0.1) is 0 Å². The summed E-state index contributed by atoms with van der Waals surface area (Å²) in [5.41, 5.74) is -0.637. The molecule has 19 heavy (non-hydrogen) atoms. The third-order valence-electron chi connectivity index (χ3n) is 3.37. The highest BCUT2D eigenvalue weighted by Crippen LogP contribution is 2.31. The average Bonchev–Trinajstić information content (AvgIpc) is 2.74. The molecule has 1 saturated heterocycles. The Hall–Kier alpha value is -0.290. The van der Waals surface area contributed by atoms with Crippen molar-refractivity contribution in [1.82, 2.24) is 4.90 Å². The van der Waals surface area contributed by atoms with Crippen LogP contribution in [0, 0.1) is 5.92 Å². The monoisotopic (exact) mass is 335 g/mol. The minimum Gasteiger partial charge on any atom is -0.444 e. The SMILES string of the molecule is CC(C)(C)OC(=O)N1CCC(C(C)(C)OCCBr)C1. The summed E-state index contributed by atoms with van der Waals surface area (Å²) in [4.78, 5) is 13.8. The van der Waals surface area contributed by atoms with E-state index in [0.717, 1.165) is 18.3 Å². The van der Waals surface area contributed by atoms with Gasteiger partial charge in [-0.2, -0.15) is 0 Å². The van der Waals surface area contributed by atoms with E-state index in [-0.39, 0.29) is 11.7 Å². The number of hydrogen-bond donors (Lipinski definition) is 0. The molecule has 5 heteroatoms. The lowest BCUT2D eigenvalue weighted by atomic mass is 9.90. The highest BCUT2D eigenvalue weighted by Gasteiger charge is 2.38. The Labute approximate surface area is 124 Å². The molecular formula is C14H26BrNO3. The number of halogens is 1. The van der Waals surface area contributed by atoms with Crippen molar-refractivity contribution in [2.75, 3.05) is 25.0 Å². The fourth-order valence-corrected chi connectivity index (χ4v) is 2.40. The summed E-state index contributed by atoms with van der Waals surface area (Å²) in [6, 6.07) is 0. The molecule has 0 aromatic carbocycles. The van der Waals surface area contributed by atoms with E-state index in [1.165, 1.54) is 0 Å². The van der Waals surface area contributed by atoms with Crippen LogP contribution in [0.3, 0.4) is 0 Å². The number of hydrogen-bond acceptors (Lipinski definition) is 3. The Morgan fingerprint density at radius 2 is 1.95 bits per heavy atom. The summed E-state index contributed by atoms with van der Waals surface area (Å²) < 4.78 is 11.3. The van der Waals surface area contributed by atoms with Crippen LogP contribution in [-0.2, 0) is 9.47 Å². The lowest BCUT2D eigenvalue weighted by molar-refractivity contribution is -0.0499. The van der Waals surface area contributed by atoms with Gasteiger partial charge in [0.15, 0.2) is 0 Å². The first-order valence-electron chi connectivity index (χ1n) is 6.83. The van der Waals surface area contributed by atoms with Gasteiger partial charge in [0.05, 0.1) is 12.2 Å². The number of nitrogens with zero attached hydrogens (tertiary/aromatic N) is 1. The molecule has 0 aliphatic carbocycles. The molecular weight excluding hydrogens is 310 g/mol. The van der Waals surface area contributed by atoms with E-state index in [2.05, 4.69) is 29.8 Å². The Morgan fingerprint density at radius 1 is 1.32 bits per heavy atom. The van der Waals surface area contributed by atoms with Crippen LogP contribution < -0.4 is 0 Å². The van der Waals surface area contributed by atoms with Gasteiger partial charge in [0, 0.05) is 24.3 Å². The zero-order valence-electron chi connectivity index (χ0n) is 12.7. The van der Waals surface area contributed by atoms with Crippen LogP contribution in [0.1, 0.15) is 41.0 Å². The third-order valence-corrected chi connectivity index (χ3v) is 3.70. The number of carbonyl (C=O) groups is 1. The van der Waals surface area contributed by atoms with Crippen LogP contribution >= 0.6 is 15.9 Å². The highest BCUT2D eigenvalue weighted by atomic mass is 79.9. The Kier molecular flexibility index (Phi) is 5.68. The molecule has 4 nitrogen and oxygen atoms in total. The van der Waals surface area contributed by atoms with Gasteiger partial charge in [0.1, 0.15) is 5.60 Å². The maximum absolute atomic E-state index is 12.0. The summed E-state index contributed by atoms with van der Waals surface area (Å²) in [5.74, 6) is 0.360. The Bertz CT molecular complexity index is 312. The molecule has 1 fully saturated rings. The first-order valence-corrected chi connectivity index (χ1v) is 7.96. The minimum atomic E-state index is -0.433. The van der Waals surface area contributed by atoms with Gasteiger partial charge in [0.2, 0.25) is 0 Å². The van der Waals surface area contributed by atoms with Gasteiger partial charge >= 0.3 is 6.09 Å². The molecule has 1 amide bonds. The van der Waals surface area contributed by atoms with Crippen molar-refractivity contribution in [3.05, 3.63) is 0 Å². The summed E-state index contributed by atoms with van der Waals surface area (Å²) in [5, 5.41) is 0.832. The predicted octanol–water partition coefficient (Wildman–Crippen LogP) is 3.43. The molecule has 112 valence electrons. The first kappa shape index (κ1) is 16.8. The zero-order valence-corrected chi connectivity index (χ0v) is 14.2. The van der Waals surface area contributed by atoms with Gasteiger partial charge in [-0.3, -0.25) is 0 Å². The summed E-state index contributed by atoms with van der Waals surface area (Å²) >= 11 is 3.37. The van der Waals surface area contributed by atoms with Crippen molar-refractivity contribution in [2.24, 2.45) is 5.92 Å². The second kappa shape index (κ2) is 6.44. The third kappa shape index (κ3) is 5.30. The average molecular weight is 336 g/mol. The van der Waals surface area contributed by atoms with Crippen LogP contribution in [0.25, 0.3) is 0 Å². The normalized spacial score (nSPS) is 20.7. The number of ether oxygens (including phenoxy) is 2. The fourth-order valence-electron chi connectivity index (χ4n) is 2.24. The highest BCUT2D eigenvalue weighted by molar-refractivity contribution is 9.09. The molecule has 1 unspecified atom stereocenters. The molecule has 0 N–H and O–H groups in total. The standard InChI is InChI=1S/C14H26BrNO3/c1-13(2,3)19-12(17)16-8-6-11(10-16)14(4,5)18-9-7-15/h11H,6-10H2,1-5H3. The van der Waals surface area contributed by atoms with Gasteiger partial charge in [-0.05, 0) is 41.0 Å². The molecule has 1 heterocycles. The summed E-state index contributed by atoms with van der Waals surface area (Å²) in [6.07, 6.45) is 0.750. The topological polar surface area (TPSA) is 38.8 Å². The lowest BCUT2D eigenvalue weighted by Crippen LogP contribution is -2.39. The molecule has 0 saturated carbocycles. The van der Waals surface area contributed by atoms with Crippen molar-refractivity contribution >= 4 is 22.0 Å². The number of likely N-dealkylation sites (tertiary alicyclic amines) is 1. The first-order chi connectivity index (χ1) is 8.65.